The third-order valence-corrected chi connectivity index (χ3v) is 3.44. The molecule has 2 rings (SSSR count). The molecule has 1 aliphatic carbocycles. The highest BCUT2D eigenvalue weighted by Crippen LogP contribution is 2.29. The minimum absolute atomic E-state index is 0.176. The number of rotatable bonds is 3. The molecule has 0 aliphatic heterocycles. The minimum Gasteiger partial charge on any atom is -0.481 e. The maximum absolute atomic E-state index is 10.5. The molecule has 0 unspecified atom stereocenters. The molecule has 0 radical (unpaired) electrons. The number of aryl methyl sites for hydroxylation is 2. The van der Waals surface area contributed by atoms with Gasteiger partial charge < -0.3 is 5.11 Å². The highest BCUT2D eigenvalue weighted by molar-refractivity contribution is 6.31. The number of hydrogen-bond acceptors (Lipinski definition) is 1. The molecule has 0 saturated heterocycles. The van der Waals surface area contributed by atoms with Crippen LogP contribution < -0.4 is 0 Å². The molecule has 1 N–H and O–H groups in total. The Labute approximate surface area is 100 Å². The van der Waals surface area contributed by atoms with Crippen LogP contribution in [-0.2, 0) is 24.1 Å². The second-order valence-corrected chi connectivity index (χ2v) is 4.72. The molecule has 86 valence electrons. The normalized spacial score (nSPS) is 14.6. The van der Waals surface area contributed by atoms with E-state index in [2.05, 4.69) is 6.07 Å². The molecule has 0 saturated carbocycles. The van der Waals surface area contributed by atoms with Crippen LogP contribution in [0.1, 0.15) is 36.0 Å². The van der Waals surface area contributed by atoms with Gasteiger partial charge in [0.05, 0.1) is 0 Å². The number of fused-ring (bicyclic) bond motifs is 1. The molecule has 1 aromatic carbocycles. The Morgan fingerprint density at radius 1 is 1.31 bits per heavy atom. The van der Waals surface area contributed by atoms with Gasteiger partial charge in [-0.25, -0.2) is 0 Å². The zero-order valence-electron chi connectivity index (χ0n) is 9.13. The first-order chi connectivity index (χ1) is 7.66. The van der Waals surface area contributed by atoms with Gasteiger partial charge in [-0.15, -0.1) is 0 Å². The van der Waals surface area contributed by atoms with Crippen molar-refractivity contribution in [2.75, 3.05) is 0 Å². The van der Waals surface area contributed by atoms with E-state index in [0.717, 1.165) is 23.4 Å². The van der Waals surface area contributed by atoms with Gasteiger partial charge in [0.1, 0.15) is 0 Å². The van der Waals surface area contributed by atoms with E-state index in [0.29, 0.717) is 6.42 Å². The third kappa shape index (κ3) is 2.56. The molecule has 0 fully saturated rings. The number of benzene rings is 1. The highest BCUT2D eigenvalue weighted by Gasteiger charge is 2.13. The van der Waals surface area contributed by atoms with Crippen LogP contribution in [0.3, 0.4) is 0 Å². The zero-order valence-corrected chi connectivity index (χ0v) is 9.89. The summed E-state index contributed by atoms with van der Waals surface area (Å²) in [6, 6.07) is 4.05. The Morgan fingerprint density at radius 3 is 2.81 bits per heavy atom. The fourth-order valence-corrected chi connectivity index (χ4v) is 2.63. The molecule has 0 bridgehead atoms. The molecule has 0 aromatic heterocycles. The third-order valence-electron chi connectivity index (χ3n) is 3.10. The maximum atomic E-state index is 10.5. The van der Waals surface area contributed by atoms with Gasteiger partial charge in [-0.05, 0) is 54.9 Å². The standard InChI is InChI=1S/C13H15ClO2/c14-12-8-9(5-6-13(15)16)7-10-3-1-2-4-11(10)12/h7-8H,1-6H2,(H,15,16). The van der Waals surface area contributed by atoms with Crippen molar-refractivity contribution >= 4 is 17.6 Å². The summed E-state index contributed by atoms with van der Waals surface area (Å²) in [5, 5.41) is 9.47. The molecule has 1 aliphatic rings. The number of carboxylic acids is 1. The lowest BCUT2D eigenvalue weighted by atomic mass is 9.89. The van der Waals surface area contributed by atoms with Crippen LogP contribution in [0.5, 0.6) is 0 Å². The van der Waals surface area contributed by atoms with Crippen LogP contribution in [0, 0.1) is 0 Å². The molecule has 2 nitrogen and oxygen atoms in total. The molecule has 3 heteroatoms. The molecule has 1 aromatic rings. The monoisotopic (exact) mass is 238 g/mol. The summed E-state index contributed by atoms with van der Waals surface area (Å²) in [6.45, 7) is 0. The predicted molar refractivity (Wildman–Crippen MR) is 64.1 cm³/mol. The Balaban J connectivity index is 2.21. The second kappa shape index (κ2) is 4.88. The van der Waals surface area contributed by atoms with E-state index >= 15 is 0 Å². The van der Waals surface area contributed by atoms with Gasteiger partial charge >= 0.3 is 5.97 Å². The average Bonchev–Trinajstić information content (AvgIpc) is 2.26. The van der Waals surface area contributed by atoms with Gasteiger partial charge in [0.25, 0.3) is 0 Å². The van der Waals surface area contributed by atoms with Gasteiger partial charge in [-0.1, -0.05) is 17.7 Å². The van der Waals surface area contributed by atoms with Gasteiger partial charge in [0.15, 0.2) is 0 Å². The lowest BCUT2D eigenvalue weighted by Crippen LogP contribution is -2.05. The van der Waals surface area contributed by atoms with E-state index in [1.54, 1.807) is 0 Å². The quantitative estimate of drug-likeness (QED) is 0.878. The van der Waals surface area contributed by atoms with Gasteiger partial charge in [0.2, 0.25) is 0 Å². The topological polar surface area (TPSA) is 37.3 Å². The van der Waals surface area contributed by atoms with E-state index in [-0.39, 0.29) is 6.42 Å². The van der Waals surface area contributed by atoms with Crippen molar-refractivity contribution in [3.8, 4) is 0 Å². The Morgan fingerprint density at radius 2 is 2.06 bits per heavy atom. The number of carboxylic acid groups (broad SMARTS) is 1. The van der Waals surface area contributed by atoms with Crippen molar-refractivity contribution in [3.63, 3.8) is 0 Å². The van der Waals surface area contributed by atoms with Gasteiger partial charge in [0, 0.05) is 11.4 Å². The number of carbonyl (C=O) groups is 1. The number of hydrogen-bond donors (Lipinski definition) is 1. The molecular formula is C13H15ClO2. The van der Waals surface area contributed by atoms with E-state index in [4.69, 9.17) is 16.7 Å². The first kappa shape index (κ1) is 11.5. The average molecular weight is 239 g/mol. The van der Waals surface area contributed by atoms with Crippen LogP contribution in [0.4, 0.5) is 0 Å². The molecule has 0 amide bonds. The second-order valence-electron chi connectivity index (χ2n) is 4.32. The van der Waals surface area contributed by atoms with E-state index in [9.17, 15) is 4.79 Å². The van der Waals surface area contributed by atoms with Crippen molar-refractivity contribution < 1.29 is 9.90 Å². The van der Waals surface area contributed by atoms with Gasteiger partial charge in [-0.3, -0.25) is 4.79 Å². The molecule has 0 atom stereocenters. The first-order valence-corrected chi connectivity index (χ1v) is 6.06. The first-order valence-electron chi connectivity index (χ1n) is 5.69. The van der Waals surface area contributed by atoms with Crippen LogP contribution in [0.2, 0.25) is 5.02 Å². The van der Waals surface area contributed by atoms with E-state index in [1.807, 2.05) is 6.07 Å². The van der Waals surface area contributed by atoms with Crippen LogP contribution in [-0.4, -0.2) is 11.1 Å². The molecular weight excluding hydrogens is 224 g/mol. The molecule has 0 heterocycles. The summed E-state index contributed by atoms with van der Waals surface area (Å²) < 4.78 is 0. The van der Waals surface area contributed by atoms with Gasteiger partial charge in [-0.2, -0.15) is 0 Å². The van der Waals surface area contributed by atoms with Crippen LogP contribution >= 0.6 is 11.6 Å². The summed E-state index contributed by atoms with van der Waals surface area (Å²) in [5.41, 5.74) is 3.64. The van der Waals surface area contributed by atoms with Crippen molar-refractivity contribution in [3.05, 3.63) is 33.8 Å². The Hall–Kier alpha value is -1.02. The van der Waals surface area contributed by atoms with Crippen LogP contribution in [0.15, 0.2) is 12.1 Å². The summed E-state index contributed by atoms with van der Waals surface area (Å²) >= 11 is 6.22. The fraction of sp³-hybridized carbons (Fsp3) is 0.462. The van der Waals surface area contributed by atoms with Crippen molar-refractivity contribution in [2.45, 2.75) is 38.5 Å². The summed E-state index contributed by atoms with van der Waals surface area (Å²) in [4.78, 5) is 10.5. The lowest BCUT2D eigenvalue weighted by Gasteiger charge is -2.18. The van der Waals surface area contributed by atoms with Crippen molar-refractivity contribution in [1.29, 1.82) is 0 Å². The minimum atomic E-state index is -0.756. The summed E-state index contributed by atoms with van der Waals surface area (Å²) in [7, 11) is 0. The maximum Gasteiger partial charge on any atom is 0.303 e. The number of halogens is 1. The Bertz CT molecular complexity index is 413. The SMILES string of the molecule is O=C(O)CCc1cc(Cl)c2c(c1)CCCC2. The van der Waals surface area contributed by atoms with E-state index < -0.39 is 5.97 Å². The largest absolute Gasteiger partial charge is 0.481 e. The Kier molecular flexibility index (Phi) is 3.49. The highest BCUT2D eigenvalue weighted by atomic mass is 35.5. The molecule has 16 heavy (non-hydrogen) atoms. The number of aliphatic carboxylic acids is 1. The van der Waals surface area contributed by atoms with Crippen LogP contribution in [0.25, 0.3) is 0 Å². The zero-order chi connectivity index (χ0) is 11.5. The summed E-state index contributed by atoms with van der Waals surface area (Å²) in [5.74, 6) is -0.756. The lowest BCUT2D eigenvalue weighted by molar-refractivity contribution is -0.136. The van der Waals surface area contributed by atoms with Crippen molar-refractivity contribution in [2.24, 2.45) is 0 Å². The summed E-state index contributed by atoms with van der Waals surface area (Å²) in [6.07, 6.45) is 5.31. The predicted octanol–water partition coefficient (Wildman–Crippen LogP) is 3.24. The fourth-order valence-electron chi connectivity index (χ4n) is 2.27. The van der Waals surface area contributed by atoms with Crippen molar-refractivity contribution in [1.82, 2.24) is 0 Å². The van der Waals surface area contributed by atoms with E-state index in [1.165, 1.54) is 24.0 Å². The smallest absolute Gasteiger partial charge is 0.303 e. The molecule has 0 spiro atoms.